The van der Waals surface area contributed by atoms with Crippen molar-refractivity contribution < 1.29 is 9.59 Å². The second-order valence-corrected chi connectivity index (χ2v) is 10.3. The standard InChI is InChI=1S/C28H34N8O2/c1-19-10-15-35(25(37)7-12-29)17-24(19)34(2)26-23-11-16-36(27(23)32-18-31-26)28(38)33-22-5-3-20(4-6-22)21-8-13-30-14-9-21/h3-6,11,16,18-19,21,24,30H,7-10,13-15,17H2,1-2H3,(H,33,38)/t19-,24?/m1/s1. The molecular weight excluding hydrogens is 480 g/mol. The van der Waals surface area contributed by atoms with Crippen LogP contribution in [0.15, 0.2) is 42.9 Å². The summed E-state index contributed by atoms with van der Waals surface area (Å²) < 4.78 is 1.50. The number of nitrogens with one attached hydrogen (secondary N) is 2. The minimum Gasteiger partial charge on any atom is -0.354 e. The van der Waals surface area contributed by atoms with Crippen molar-refractivity contribution in [2.45, 2.75) is 44.6 Å². The minimum atomic E-state index is -0.291. The third-order valence-corrected chi connectivity index (χ3v) is 7.98. The van der Waals surface area contributed by atoms with Gasteiger partial charge < -0.3 is 20.4 Å². The number of aromatic nitrogens is 3. The summed E-state index contributed by atoms with van der Waals surface area (Å²) >= 11 is 0. The monoisotopic (exact) mass is 514 g/mol. The third kappa shape index (κ3) is 5.20. The summed E-state index contributed by atoms with van der Waals surface area (Å²) in [5.74, 6) is 1.45. The van der Waals surface area contributed by atoms with E-state index in [0.717, 1.165) is 43.4 Å². The Balaban J connectivity index is 1.32. The van der Waals surface area contributed by atoms with Gasteiger partial charge in [0.2, 0.25) is 5.91 Å². The number of fused-ring (bicyclic) bond motifs is 1. The molecule has 2 aromatic heterocycles. The van der Waals surface area contributed by atoms with Gasteiger partial charge in [-0.1, -0.05) is 19.1 Å². The number of nitriles is 1. The average molecular weight is 515 g/mol. The molecule has 2 fully saturated rings. The zero-order chi connectivity index (χ0) is 26.6. The van der Waals surface area contributed by atoms with Gasteiger partial charge in [0.15, 0.2) is 5.65 Å². The van der Waals surface area contributed by atoms with Crippen LogP contribution in [0.5, 0.6) is 0 Å². The molecule has 4 heterocycles. The maximum atomic E-state index is 13.2. The normalized spacial score (nSPS) is 20.2. The lowest BCUT2D eigenvalue weighted by atomic mass is 9.90. The van der Waals surface area contributed by atoms with Crippen LogP contribution < -0.4 is 15.5 Å². The number of hydrogen-bond acceptors (Lipinski definition) is 7. The molecule has 2 amide bonds. The van der Waals surface area contributed by atoms with Gasteiger partial charge in [-0.2, -0.15) is 5.26 Å². The predicted molar refractivity (Wildman–Crippen MR) is 146 cm³/mol. The molecule has 2 saturated heterocycles. The molecule has 1 unspecified atom stereocenters. The van der Waals surface area contributed by atoms with Crippen LogP contribution >= 0.6 is 0 Å². The molecule has 1 aromatic carbocycles. The summed E-state index contributed by atoms with van der Waals surface area (Å²) in [5, 5.41) is 16.1. The topological polar surface area (TPSA) is 119 Å². The molecule has 2 aliphatic heterocycles. The van der Waals surface area contributed by atoms with Crippen LogP contribution in [0.3, 0.4) is 0 Å². The molecule has 0 bridgehead atoms. The summed E-state index contributed by atoms with van der Waals surface area (Å²) in [4.78, 5) is 38.3. The summed E-state index contributed by atoms with van der Waals surface area (Å²) in [6.45, 7) is 5.43. The molecule has 38 heavy (non-hydrogen) atoms. The van der Waals surface area contributed by atoms with Crippen LogP contribution in [-0.2, 0) is 4.79 Å². The first-order chi connectivity index (χ1) is 18.5. The van der Waals surface area contributed by atoms with Gasteiger partial charge >= 0.3 is 6.03 Å². The van der Waals surface area contributed by atoms with Crippen LogP contribution in [0.2, 0.25) is 0 Å². The predicted octanol–water partition coefficient (Wildman–Crippen LogP) is 3.57. The van der Waals surface area contributed by atoms with Gasteiger partial charge in [0.05, 0.1) is 17.5 Å². The van der Waals surface area contributed by atoms with Crippen molar-refractivity contribution in [3.05, 3.63) is 48.4 Å². The number of carbonyl (C=O) groups excluding carboxylic acids is 2. The Morgan fingerprint density at radius 2 is 1.92 bits per heavy atom. The molecule has 2 N–H and O–H groups in total. The fourth-order valence-electron chi connectivity index (χ4n) is 5.68. The number of likely N-dealkylation sites (tertiary alicyclic amines) is 1. The van der Waals surface area contributed by atoms with E-state index >= 15 is 0 Å². The number of benzene rings is 1. The van der Waals surface area contributed by atoms with Crippen molar-refractivity contribution in [1.82, 2.24) is 24.8 Å². The quantitative estimate of drug-likeness (QED) is 0.534. The summed E-state index contributed by atoms with van der Waals surface area (Å²) in [5.41, 5.74) is 2.56. The number of anilines is 2. The average Bonchev–Trinajstić information content (AvgIpc) is 3.39. The van der Waals surface area contributed by atoms with Gasteiger partial charge in [-0.3, -0.25) is 9.36 Å². The largest absolute Gasteiger partial charge is 0.354 e. The molecule has 0 spiro atoms. The Morgan fingerprint density at radius 1 is 1.16 bits per heavy atom. The van der Waals surface area contributed by atoms with Crippen LogP contribution in [0.1, 0.15) is 44.1 Å². The van der Waals surface area contributed by atoms with Gasteiger partial charge in [0, 0.05) is 32.0 Å². The van der Waals surface area contributed by atoms with E-state index in [1.54, 1.807) is 11.1 Å². The van der Waals surface area contributed by atoms with E-state index in [1.807, 2.05) is 31.3 Å². The molecule has 3 aromatic rings. The summed E-state index contributed by atoms with van der Waals surface area (Å²) in [6.07, 6.45) is 6.18. The Kier molecular flexibility index (Phi) is 7.56. The molecule has 5 rings (SSSR count). The molecule has 0 radical (unpaired) electrons. The lowest BCUT2D eigenvalue weighted by Gasteiger charge is -2.42. The molecule has 10 heteroatoms. The molecule has 2 atom stereocenters. The Hall–Kier alpha value is -3.97. The van der Waals surface area contributed by atoms with Gasteiger partial charge in [0.25, 0.3) is 0 Å². The highest BCUT2D eigenvalue weighted by Crippen LogP contribution is 2.30. The van der Waals surface area contributed by atoms with Crippen molar-refractivity contribution in [3.63, 3.8) is 0 Å². The third-order valence-electron chi connectivity index (χ3n) is 7.98. The fourth-order valence-corrected chi connectivity index (χ4v) is 5.68. The number of amides is 2. The smallest absolute Gasteiger partial charge is 0.331 e. The van der Waals surface area contributed by atoms with E-state index in [1.165, 1.54) is 16.5 Å². The highest BCUT2D eigenvalue weighted by molar-refractivity contribution is 5.99. The lowest BCUT2D eigenvalue weighted by Crippen LogP contribution is -2.52. The van der Waals surface area contributed by atoms with Gasteiger partial charge in [-0.15, -0.1) is 0 Å². The lowest BCUT2D eigenvalue weighted by molar-refractivity contribution is -0.131. The molecule has 0 aliphatic carbocycles. The zero-order valence-corrected chi connectivity index (χ0v) is 21.9. The van der Waals surface area contributed by atoms with E-state index in [2.05, 4.69) is 44.6 Å². The summed E-state index contributed by atoms with van der Waals surface area (Å²) in [6, 6.07) is 11.7. The summed E-state index contributed by atoms with van der Waals surface area (Å²) in [7, 11) is 1.96. The van der Waals surface area contributed by atoms with Crippen molar-refractivity contribution in [2.75, 3.05) is 43.4 Å². The molecule has 2 aliphatic rings. The first-order valence-electron chi connectivity index (χ1n) is 13.3. The Labute approximate surface area is 222 Å². The highest BCUT2D eigenvalue weighted by atomic mass is 16.2. The second kappa shape index (κ2) is 11.2. The van der Waals surface area contributed by atoms with E-state index in [-0.39, 0.29) is 24.4 Å². The molecular formula is C28H34N8O2. The zero-order valence-electron chi connectivity index (χ0n) is 21.9. The Morgan fingerprint density at radius 3 is 2.66 bits per heavy atom. The van der Waals surface area contributed by atoms with Crippen molar-refractivity contribution in [2.24, 2.45) is 5.92 Å². The maximum Gasteiger partial charge on any atom is 0.331 e. The van der Waals surface area contributed by atoms with E-state index in [9.17, 15) is 9.59 Å². The van der Waals surface area contributed by atoms with Crippen molar-refractivity contribution in [1.29, 1.82) is 5.26 Å². The first-order valence-corrected chi connectivity index (χ1v) is 13.3. The van der Waals surface area contributed by atoms with Crippen LogP contribution in [-0.4, -0.2) is 70.6 Å². The van der Waals surface area contributed by atoms with Crippen LogP contribution in [0, 0.1) is 17.2 Å². The highest BCUT2D eigenvalue weighted by Gasteiger charge is 2.33. The minimum absolute atomic E-state index is 0.0279. The van der Waals surface area contributed by atoms with Gasteiger partial charge in [-0.25, -0.2) is 14.8 Å². The van der Waals surface area contributed by atoms with Crippen molar-refractivity contribution in [3.8, 4) is 6.07 Å². The fraction of sp³-hybridized carbons (Fsp3) is 0.464. The number of nitrogens with zero attached hydrogens (tertiary/aromatic N) is 6. The number of rotatable bonds is 5. The molecule has 0 saturated carbocycles. The van der Waals surface area contributed by atoms with Gasteiger partial charge in [-0.05, 0) is 68.0 Å². The van der Waals surface area contributed by atoms with E-state index in [0.29, 0.717) is 36.4 Å². The first kappa shape index (κ1) is 25.7. The molecule has 198 valence electrons. The van der Waals surface area contributed by atoms with Crippen LogP contribution in [0.4, 0.5) is 16.3 Å². The SMILES string of the molecule is C[C@@H]1CCN(C(=O)CC#N)CC1N(C)c1ncnc2c1ccn2C(=O)Nc1ccc(C2CCNCC2)cc1. The number of piperidine rings is 2. The van der Waals surface area contributed by atoms with Crippen molar-refractivity contribution >= 4 is 34.5 Å². The Bertz CT molecular complexity index is 1340. The number of carbonyl (C=O) groups is 2. The van der Waals surface area contributed by atoms with Crippen LogP contribution in [0.25, 0.3) is 11.0 Å². The number of hydrogen-bond donors (Lipinski definition) is 2. The second-order valence-electron chi connectivity index (χ2n) is 10.3. The number of likely N-dealkylation sites (N-methyl/N-ethyl adjacent to an activating group) is 1. The molecule has 10 nitrogen and oxygen atoms in total. The van der Waals surface area contributed by atoms with Gasteiger partial charge in [0.1, 0.15) is 18.6 Å². The van der Waals surface area contributed by atoms with E-state index < -0.39 is 0 Å². The maximum absolute atomic E-state index is 13.2. The van der Waals surface area contributed by atoms with E-state index in [4.69, 9.17) is 5.26 Å².